The minimum atomic E-state index is -0.0174. The highest BCUT2D eigenvalue weighted by Gasteiger charge is 2.16. The van der Waals surface area contributed by atoms with Crippen LogP contribution >= 0.6 is 0 Å². The Kier molecular flexibility index (Phi) is 2.87. The van der Waals surface area contributed by atoms with Gasteiger partial charge in [0.05, 0.1) is 11.7 Å². The van der Waals surface area contributed by atoms with Gasteiger partial charge in [0.2, 0.25) is 0 Å². The summed E-state index contributed by atoms with van der Waals surface area (Å²) >= 11 is 0. The number of aryl methyl sites for hydroxylation is 1. The van der Waals surface area contributed by atoms with Crippen LogP contribution in [0.2, 0.25) is 0 Å². The molecule has 0 aliphatic heterocycles. The maximum atomic E-state index is 5.93. The fourth-order valence-corrected chi connectivity index (χ4v) is 1.07. The van der Waals surface area contributed by atoms with Crippen molar-refractivity contribution in [3.05, 3.63) is 17.5 Å². The molecule has 0 saturated carbocycles. The second-order valence-electron chi connectivity index (χ2n) is 3.28. The molecule has 0 aliphatic rings. The highest BCUT2D eigenvalue weighted by molar-refractivity contribution is 5.07. The monoisotopic (exact) mass is 168 g/mol. The van der Waals surface area contributed by atoms with E-state index in [2.05, 4.69) is 19.0 Å². The highest BCUT2D eigenvalue weighted by Crippen LogP contribution is 2.21. The molecule has 1 aromatic rings. The zero-order chi connectivity index (χ0) is 9.14. The first kappa shape index (κ1) is 9.26. The molecule has 0 aromatic carbocycles. The molecule has 0 aliphatic carbocycles. The quantitative estimate of drug-likeness (QED) is 0.751. The Balaban J connectivity index is 2.70. The molecular weight excluding hydrogens is 152 g/mol. The van der Waals surface area contributed by atoms with Crippen LogP contribution in [0, 0.1) is 12.8 Å². The van der Waals surface area contributed by atoms with Gasteiger partial charge < -0.3 is 10.3 Å². The van der Waals surface area contributed by atoms with Gasteiger partial charge in [0.25, 0.3) is 0 Å². The molecule has 0 amide bonds. The molecule has 3 nitrogen and oxygen atoms in total. The Morgan fingerprint density at radius 3 is 2.75 bits per heavy atom. The minimum absolute atomic E-state index is 0.0174. The molecule has 0 radical (unpaired) electrons. The fourth-order valence-electron chi connectivity index (χ4n) is 1.07. The Bertz CT molecular complexity index is 244. The summed E-state index contributed by atoms with van der Waals surface area (Å²) < 4.78 is 5.07. The van der Waals surface area contributed by atoms with E-state index in [-0.39, 0.29) is 6.04 Å². The van der Waals surface area contributed by atoms with Crippen LogP contribution in [0.15, 0.2) is 10.6 Å². The zero-order valence-electron chi connectivity index (χ0n) is 7.87. The van der Waals surface area contributed by atoms with Crippen molar-refractivity contribution in [2.45, 2.75) is 33.2 Å². The smallest absolute Gasteiger partial charge is 0.153 e. The molecule has 2 N–H and O–H groups in total. The van der Waals surface area contributed by atoms with Crippen LogP contribution in [-0.4, -0.2) is 5.16 Å². The van der Waals surface area contributed by atoms with Gasteiger partial charge in [0, 0.05) is 6.07 Å². The average molecular weight is 168 g/mol. The van der Waals surface area contributed by atoms with Gasteiger partial charge in [-0.1, -0.05) is 25.4 Å². The molecule has 1 aromatic heterocycles. The molecule has 0 bridgehead atoms. The Morgan fingerprint density at radius 1 is 1.67 bits per heavy atom. The predicted molar refractivity (Wildman–Crippen MR) is 47.6 cm³/mol. The van der Waals surface area contributed by atoms with Crippen molar-refractivity contribution in [2.24, 2.45) is 11.7 Å². The number of nitrogens with zero attached hydrogens (tertiary/aromatic N) is 1. The summed E-state index contributed by atoms with van der Waals surface area (Å²) in [5, 5.41) is 3.80. The Labute approximate surface area is 72.9 Å². The Hall–Kier alpha value is -0.830. The standard InChI is InChI=1S/C9H16N2O/c1-4-6(2)9(10)8-5-7(3)11-12-8/h5-6,9H,4,10H2,1-3H3/t6-,9-/m0/s1. The van der Waals surface area contributed by atoms with E-state index >= 15 is 0 Å². The normalized spacial score (nSPS) is 16.0. The lowest BCUT2D eigenvalue weighted by molar-refractivity contribution is 0.318. The molecule has 0 unspecified atom stereocenters. The van der Waals surface area contributed by atoms with E-state index in [0.29, 0.717) is 5.92 Å². The van der Waals surface area contributed by atoms with Crippen molar-refractivity contribution in [1.29, 1.82) is 0 Å². The summed E-state index contributed by atoms with van der Waals surface area (Å²) in [5.41, 5.74) is 6.82. The maximum absolute atomic E-state index is 5.93. The number of nitrogens with two attached hydrogens (primary N) is 1. The topological polar surface area (TPSA) is 52.0 Å². The summed E-state index contributed by atoms with van der Waals surface area (Å²) in [4.78, 5) is 0. The average Bonchev–Trinajstić information content (AvgIpc) is 2.49. The van der Waals surface area contributed by atoms with E-state index in [0.717, 1.165) is 17.9 Å². The van der Waals surface area contributed by atoms with Gasteiger partial charge in [-0.3, -0.25) is 0 Å². The van der Waals surface area contributed by atoms with Crippen LogP contribution in [0.3, 0.4) is 0 Å². The van der Waals surface area contributed by atoms with Crippen LogP contribution in [0.25, 0.3) is 0 Å². The van der Waals surface area contributed by atoms with Gasteiger partial charge in [-0.15, -0.1) is 0 Å². The van der Waals surface area contributed by atoms with Crippen molar-refractivity contribution in [2.75, 3.05) is 0 Å². The van der Waals surface area contributed by atoms with E-state index < -0.39 is 0 Å². The van der Waals surface area contributed by atoms with Gasteiger partial charge >= 0.3 is 0 Å². The van der Waals surface area contributed by atoms with E-state index in [9.17, 15) is 0 Å². The van der Waals surface area contributed by atoms with Gasteiger partial charge in [-0.05, 0) is 12.8 Å². The predicted octanol–water partition coefficient (Wildman–Crippen LogP) is 2.03. The maximum Gasteiger partial charge on any atom is 0.153 e. The van der Waals surface area contributed by atoms with Gasteiger partial charge in [0.15, 0.2) is 5.76 Å². The van der Waals surface area contributed by atoms with Crippen LogP contribution in [0.5, 0.6) is 0 Å². The van der Waals surface area contributed by atoms with Gasteiger partial charge in [-0.25, -0.2) is 0 Å². The number of rotatable bonds is 3. The largest absolute Gasteiger partial charge is 0.359 e. The van der Waals surface area contributed by atoms with E-state index in [1.807, 2.05) is 13.0 Å². The zero-order valence-corrected chi connectivity index (χ0v) is 7.87. The molecule has 0 fully saturated rings. The van der Waals surface area contributed by atoms with Crippen LogP contribution < -0.4 is 5.73 Å². The van der Waals surface area contributed by atoms with Crippen molar-refractivity contribution in [3.63, 3.8) is 0 Å². The third-order valence-corrected chi connectivity index (χ3v) is 2.23. The summed E-state index contributed by atoms with van der Waals surface area (Å²) in [5.74, 6) is 1.24. The van der Waals surface area contributed by atoms with Crippen LogP contribution in [0.4, 0.5) is 0 Å². The number of hydrogen-bond donors (Lipinski definition) is 1. The summed E-state index contributed by atoms with van der Waals surface area (Å²) in [6.07, 6.45) is 1.06. The molecule has 0 spiro atoms. The molecule has 68 valence electrons. The lowest BCUT2D eigenvalue weighted by Gasteiger charge is -2.14. The third-order valence-electron chi connectivity index (χ3n) is 2.23. The van der Waals surface area contributed by atoms with Gasteiger partial charge in [0.1, 0.15) is 0 Å². The summed E-state index contributed by atoms with van der Waals surface area (Å²) in [7, 11) is 0. The van der Waals surface area contributed by atoms with Crippen LogP contribution in [0.1, 0.15) is 37.8 Å². The molecule has 1 heterocycles. The number of hydrogen-bond acceptors (Lipinski definition) is 3. The second kappa shape index (κ2) is 3.72. The third kappa shape index (κ3) is 1.85. The van der Waals surface area contributed by atoms with Crippen molar-refractivity contribution in [1.82, 2.24) is 5.16 Å². The lowest BCUT2D eigenvalue weighted by Crippen LogP contribution is -2.17. The van der Waals surface area contributed by atoms with E-state index in [1.54, 1.807) is 0 Å². The second-order valence-corrected chi connectivity index (χ2v) is 3.28. The van der Waals surface area contributed by atoms with Crippen LogP contribution in [-0.2, 0) is 0 Å². The lowest BCUT2D eigenvalue weighted by atomic mass is 9.98. The molecule has 0 saturated heterocycles. The van der Waals surface area contributed by atoms with E-state index in [4.69, 9.17) is 10.3 Å². The van der Waals surface area contributed by atoms with E-state index in [1.165, 1.54) is 0 Å². The molecule has 12 heavy (non-hydrogen) atoms. The highest BCUT2D eigenvalue weighted by atomic mass is 16.5. The first-order chi connectivity index (χ1) is 5.65. The summed E-state index contributed by atoms with van der Waals surface area (Å²) in [6, 6.07) is 1.88. The first-order valence-corrected chi connectivity index (χ1v) is 4.34. The molecule has 1 rings (SSSR count). The number of aromatic nitrogens is 1. The molecule has 2 atom stereocenters. The van der Waals surface area contributed by atoms with Crippen molar-refractivity contribution < 1.29 is 4.52 Å². The SMILES string of the molecule is CC[C@H](C)[C@H](N)c1cc(C)no1. The molecular formula is C9H16N2O. The fraction of sp³-hybridized carbons (Fsp3) is 0.667. The minimum Gasteiger partial charge on any atom is -0.359 e. The molecule has 3 heteroatoms. The summed E-state index contributed by atoms with van der Waals surface area (Å²) in [6.45, 7) is 6.13. The van der Waals surface area contributed by atoms with Crippen molar-refractivity contribution in [3.8, 4) is 0 Å². The van der Waals surface area contributed by atoms with Crippen molar-refractivity contribution >= 4 is 0 Å². The Morgan fingerprint density at radius 2 is 2.33 bits per heavy atom. The van der Waals surface area contributed by atoms with Gasteiger partial charge in [-0.2, -0.15) is 0 Å². The first-order valence-electron chi connectivity index (χ1n) is 4.34.